The van der Waals surface area contributed by atoms with Crippen LogP contribution in [0.25, 0.3) is 0 Å². The standard InChI is InChI=1S/C12H21N3O4S/c1-4-7-20(17,18)8-6-19-12(16)11-10(13)9(3)14-15(11)5-2/h4-8,13H2,1-3H3. The van der Waals surface area contributed by atoms with E-state index in [1.165, 1.54) is 4.68 Å². The number of carbonyl (C=O) groups excluding carboxylic acids is 1. The van der Waals surface area contributed by atoms with Gasteiger partial charge in [-0.1, -0.05) is 6.92 Å². The predicted molar refractivity (Wildman–Crippen MR) is 76.3 cm³/mol. The molecule has 1 aromatic rings. The zero-order valence-corrected chi connectivity index (χ0v) is 12.9. The molecular weight excluding hydrogens is 282 g/mol. The highest BCUT2D eigenvalue weighted by atomic mass is 32.2. The molecule has 0 saturated carbocycles. The Labute approximate surface area is 119 Å². The van der Waals surface area contributed by atoms with Crippen LogP contribution in [0.1, 0.15) is 36.5 Å². The topological polar surface area (TPSA) is 104 Å². The zero-order valence-electron chi connectivity index (χ0n) is 12.0. The Bertz CT molecular complexity index is 578. The van der Waals surface area contributed by atoms with Crippen molar-refractivity contribution in [3.8, 4) is 0 Å². The highest BCUT2D eigenvalue weighted by Crippen LogP contribution is 2.17. The fourth-order valence-corrected chi connectivity index (χ4v) is 2.95. The van der Waals surface area contributed by atoms with E-state index in [9.17, 15) is 13.2 Å². The molecule has 0 amide bonds. The smallest absolute Gasteiger partial charge is 0.358 e. The van der Waals surface area contributed by atoms with Crippen molar-refractivity contribution in [3.63, 3.8) is 0 Å². The van der Waals surface area contributed by atoms with Gasteiger partial charge in [0.15, 0.2) is 15.5 Å². The maximum Gasteiger partial charge on any atom is 0.358 e. The lowest BCUT2D eigenvalue weighted by Crippen LogP contribution is -2.20. The number of carbonyl (C=O) groups is 1. The molecule has 8 heteroatoms. The van der Waals surface area contributed by atoms with E-state index in [0.717, 1.165) is 0 Å². The van der Waals surface area contributed by atoms with Gasteiger partial charge < -0.3 is 10.5 Å². The first-order valence-corrected chi connectivity index (χ1v) is 8.35. The molecule has 0 aliphatic rings. The highest BCUT2D eigenvalue weighted by Gasteiger charge is 2.21. The fraction of sp³-hybridized carbons (Fsp3) is 0.667. The Hall–Kier alpha value is -1.57. The summed E-state index contributed by atoms with van der Waals surface area (Å²) < 4.78 is 29.5. The van der Waals surface area contributed by atoms with Gasteiger partial charge in [0.05, 0.1) is 22.9 Å². The third kappa shape index (κ3) is 3.96. The number of ether oxygens (including phenoxy) is 1. The minimum Gasteiger partial charge on any atom is -0.460 e. The van der Waals surface area contributed by atoms with Crippen molar-refractivity contribution in [2.45, 2.75) is 33.7 Å². The van der Waals surface area contributed by atoms with Gasteiger partial charge in [0.2, 0.25) is 0 Å². The highest BCUT2D eigenvalue weighted by molar-refractivity contribution is 7.91. The molecule has 7 nitrogen and oxygen atoms in total. The van der Waals surface area contributed by atoms with Crippen molar-refractivity contribution in [2.24, 2.45) is 0 Å². The number of aromatic nitrogens is 2. The molecule has 1 aromatic heterocycles. The van der Waals surface area contributed by atoms with Crippen molar-refractivity contribution in [1.29, 1.82) is 0 Å². The van der Waals surface area contributed by atoms with Crippen LogP contribution in [0.5, 0.6) is 0 Å². The van der Waals surface area contributed by atoms with Gasteiger partial charge in [-0.3, -0.25) is 4.68 Å². The van der Waals surface area contributed by atoms with Gasteiger partial charge in [-0.25, -0.2) is 13.2 Å². The van der Waals surface area contributed by atoms with E-state index < -0.39 is 15.8 Å². The van der Waals surface area contributed by atoms with Gasteiger partial charge in [-0.15, -0.1) is 0 Å². The average molecular weight is 303 g/mol. The first-order valence-electron chi connectivity index (χ1n) is 6.52. The van der Waals surface area contributed by atoms with Crippen LogP contribution >= 0.6 is 0 Å². The van der Waals surface area contributed by atoms with E-state index in [4.69, 9.17) is 10.5 Å². The second-order valence-corrected chi connectivity index (χ2v) is 6.75. The number of nitrogens with two attached hydrogens (primary N) is 1. The molecule has 0 aliphatic heterocycles. The molecule has 114 valence electrons. The Morgan fingerprint density at radius 1 is 1.35 bits per heavy atom. The predicted octanol–water partition coefficient (Wildman–Crippen LogP) is 0.775. The maximum absolute atomic E-state index is 11.9. The molecule has 0 aliphatic carbocycles. The monoisotopic (exact) mass is 303 g/mol. The molecular formula is C12H21N3O4S. The van der Waals surface area contributed by atoms with Gasteiger partial charge in [0, 0.05) is 6.54 Å². The SMILES string of the molecule is CCCS(=O)(=O)CCOC(=O)c1c(N)c(C)nn1CC. The van der Waals surface area contributed by atoms with E-state index >= 15 is 0 Å². The summed E-state index contributed by atoms with van der Waals surface area (Å²) in [6.45, 7) is 5.62. The molecule has 0 saturated heterocycles. The molecule has 1 rings (SSSR count). The molecule has 0 fully saturated rings. The van der Waals surface area contributed by atoms with Crippen molar-refractivity contribution >= 4 is 21.5 Å². The lowest BCUT2D eigenvalue weighted by molar-refractivity contribution is 0.0516. The lowest BCUT2D eigenvalue weighted by Gasteiger charge is -2.07. The Balaban J connectivity index is 2.69. The third-order valence-electron chi connectivity index (χ3n) is 2.81. The van der Waals surface area contributed by atoms with Crippen molar-refractivity contribution in [1.82, 2.24) is 9.78 Å². The summed E-state index contributed by atoms with van der Waals surface area (Å²) in [6, 6.07) is 0. The van der Waals surface area contributed by atoms with E-state index in [1.807, 2.05) is 6.92 Å². The lowest BCUT2D eigenvalue weighted by atomic mass is 10.3. The number of nitrogen functional groups attached to an aromatic ring is 1. The van der Waals surface area contributed by atoms with Gasteiger partial charge >= 0.3 is 5.97 Å². The van der Waals surface area contributed by atoms with Crippen LogP contribution < -0.4 is 5.73 Å². The van der Waals surface area contributed by atoms with Crippen molar-refractivity contribution in [2.75, 3.05) is 23.8 Å². The van der Waals surface area contributed by atoms with Crippen LogP contribution in [0.2, 0.25) is 0 Å². The first kappa shape index (κ1) is 16.5. The number of hydrogen-bond acceptors (Lipinski definition) is 6. The number of hydrogen-bond donors (Lipinski definition) is 1. The molecule has 0 bridgehead atoms. The maximum atomic E-state index is 11.9. The minimum absolute atomic E-state index is 0.0959. The Kier molecular flexibility index (Phi) is 5.55. The Morgan fingerprint density at radius 2 is 2.00 bits per heavy atom. The number of anilines is 1. The molecule has 0 aromatic carbocycles. The summed E-state index contributed by atoms with van der Waals surface area (Å²) in [6.07, 6.45) is 0.547. The second-order valence-electron chi connectivity index (χ2n) is 4.45. The number of nitrogens with zero attached hydrogens (tertiary/aromatic N) is 2. The summed E-state index contributed by atoms with van der Waals surface area (Å²) in [4.78, 5) is 11.9. The molecule has 0 unspecified atom stereocenters. The normalized spacial score (nSPS) is 11.6. The fourth-order valence-electron chi connectivity index (χ4n) is 1.78. The van der Waals surface area contributed by atoms with Crippen LogP contribution in [-0.4, -0.2) is 42.3 Å². The Morgan fingerprint density at radius 3 is 2.55 bits per heavy atom. The van der Waals surface area contributed by atoms with E-state index in [-0.39, 0.29) is 29.5 Å². The van der Waals surface area contributed by atoms with Gasteiger partial charge in [0.25, 0.3) is 0 Å². The van der Waals surface area contributed by atoms with Crippen LogP contribution in [0.3, 0.4) is 0 Å². The van der Waals surface area contributed by atoms with Crippen LogP contribution in [0.4, 0.5) is 5.69 Å². The average Bonchev–Trinajstić information content (AvgIpc) is 2.64. The summed E-state index contributed by atoms with van der Waals surface area (Å²) in [5.74, 6) is -0.721. The summed E-state index contributed by atoms with van der Waals surface area (Å²) in [5.41, 5.74) is 6.79. The van der Waals surface area contributed by atoms with Crippen molar-refractivity contribution in [3.05, 3.63) is 11.4 Å². The number of rotatable bonds is 7. The molecule has 2 N–H and O–H groups in total. The first-order chi connectivity index (χ1) is 9.32. The largest absolute Gasteiger partial charge is 0.460 e. The number of aryl methyl sites for hydroxylation is 2. The molecule has 20 heavy (non-hydrogen) atoms. The van der Waals surface area contributed by atoms with E-state index in [0.29, 0.717) is 18.7 Å². The van der Waals surface area contributed by atoms with Crippen LogP contribution in [0, 0.1) is 6.92 Å². The van der Waals surface area contributed by atoms with E-state index in [2.05, 4.69) is 5.10 Å². The number of sulfone groups is 1. The minimum atomic E-state index is -3.16. The zero-order chi connectivity index (χ0) is 15.3. The summed E-state index contributed by atoms with van der Waals surface area (Å²) in [5, 5.41) is 4.11. The van der Waals surface area contributed by atoms with Gasteiger partial charge in [-0.2, -0.15) is 5.10 Å². The van der Waals surface area contributed by atoms with E-state index in [1.54, 1.807) is 13.8 Å². The quantitative estimate of drug-likeness (QED) is 0.746. The molecule has 0 spiro atoms. The molecule has 0 radical (unpaired) electrons. The molecule has 1 heterocycles. The second kappa shape index (κ2) is 6.74. The third-order valence-corrected chi connectivity index (χ3v) is 4.63. The number of esters is 1. The van der Waals surface area contributed by atoms with Gasteiger partial charge in [0.1, 0.15) is 6.61 Å². The van der Waals surface area contributed by atoms with Gasteiger partial charge in [-0.05, 0) is 20.3 Å². The van der Waals surface area contributed by atoms with Crippen molar-refractivity contribution < 1.29 is 17.9 Å². The molecule has 0 atom stereocenters. The van der Waals surface area contributed by atoms with Crippen LogP contribution in [0.15, 0.2) is 0 Å². The van der Waals surface area contributed by atoms with Crippen LogP contribution in [-0.2, 0) is 21.1 Å². The summed E-state index contributed by atoms with van der Waals surface area (Å²) >= 11 is 0. The summed E-state index contributed by atoms with van der Waals surface area (Å²) in [7, 11) is -3.16.